The normalized spacial score (nSPS) is 9.95. The lowest BCUT2D eigenvalue weighted by atomic mass is 10.2. The van der Waals surface area contributed by atoms with Crippen LogP contribution in [-0.4, -0.2) is 11.2 Å². The van der Waals surface area contributed by atoms with E-state index in [0.717, 1.165) is 5.56 Å². The Labute approximate surface area is 109 Å². The average Bonchev–Trinajstić information content (AvgIpc) is 2.38. The van der Waals surface area contributed by atoms with E-state index in [4.69, 9.17) is 4.74 Å². The number of aryl methyl sites for hydroxylation is 1. The Balaban J connectivity index is 2.39. The summed E-state index contributed by atoms with van der Waals surface area (Å²) in [4.78, 5) is 21.1. The quantitative estimate of drug-likeness (QED) is 0.477. The minimum absolute atomic E-state index is 0.109. The van der Waals surface area contributed by atoms with Gasteiger partial charge in [0.2, 0.25) is 5.75 Å². The zero-order valence-electron chi connectivity index (χ0n) is 10.2. The number of aldehydes is 1. The predicted octanol–water partition coefficient (Wildman–Crippen LogP) is 3.51. The Morgan fingerprint density at radius 2 is 2.00 bits per heavy atom. The molecule has 0 aromatic heterocycles. The number of carbonyl (C=O) groups excluding carboxylic acids is 1. The van der Waals surface area contributed by atoms with E-state index in [1.807, 2.05) is 6.92 Å². The van der Waals surface area contributed by atoms with Crippen molar-refractivity contribution in [2.75, 3.05) is 0 Å². The molecular weight excluding hydrogens is 246 g/mol. The topological polar surface area (TPSA) is 69.4 Å². The lowest BCUT2D eigenvalue weighted by molar-refractivity contribution is -0.385. The SMILES string of the molecule is Cc1ccc([N+](=O)[O-])c(Oc2cccc(C=O)c2)c1. The molecular formula is C14H11NO4. The first kappa shape index (κ1) is 12.8. The van der Waals surface area contributed by atoms with Gasteiger partial charge in [-0.15, -0.1) is 0 Å². The fourth-order valence-electron chi connectivity index (χ4n) is 1.63. The van der Waals surface area contributed by atoms with Crippen LogP contribution in [0.3, 0.4) is 0 Å². The van der Waals surface area contributed by atoms with Crippen molar-refractivity contribution < 1.29 is 14.5 Å². The highest BCUT2D eigenvalue weighted by atomic mass is 16.6. The van der Waals surface area contributed by atoms with Gasteiger partial charge in [-0.05, 0) is 30.7 Å². The van der Waals surface area contributed by atoms with Crippen molar-refractivity contribution in [1.82, 2.24) is 0 Å². The molecule has 0 amide bonds. The van der Waals surface area contributed by atoms with E-state index in [-0.39, 0.29) is 11.4 Å². The van der Waals surface area contributed by atoms with Gasteiger partial charge in [0.1, 0.15) is 12.0 Å². The number of nitrogens with zero attached hydrogens (tertiary/aromatic N) is 1. The summed E-state index contributed by atoms with van der Waals surface area (Å²) < 4.78 is 5.49. The third-order valence-corrected chi connectivity index (χ3v) is 2.53. The number of nitro benzene ring substituents is 1. The molecule has 5 heteroatoms. The Morgan fingerprint density at radius 1 is 1.21 bits per heavy atom. The maximum Gasteiger partial charge on any atom is 0.311 e. The Hall–Kier alpha value is -2.69. The highest BCUT2D eigenvalue weighted by Crippen LogP contribution is 2.32. The van der Waals surface area contributed by atoms with Gasteiger partial charge in [0.15, 0.2) is 0 Å². The molecule has 2 rings (SSSR count). The van der Waals surface area contributed by atoms with Crippen molar-refractivity contribution >= 4 is 12.0 Å². The molecule has 0 radical (unpaired) electrons. The van der Waals surface area contributed by atoms with Gasteiger partial charge in [0, 0.05) is 11.6 Å². The number of rotatable bonds is 4. The summed E-state index contributed by atoms with van der Waals surface area (Å²) in [5.74, 6) is 0.548. The lowest BCUT2D eigenvalue weighted by Gasteiger charge is -2.07. The van der Waals surface area contributed by atoms with Crippen LogP contribution in [-0.2, 0) is 0 Å². The van der Waals surface area contributed by atoms with Gasteiger partial charge >= 0.3 is 5.69 Å². The maximum absolute atomic E-state index is 10.9. The van der Waals surface area contributed by atoms with Crippen LogP contribution in [0.2, 0.25) is 0 Å². The van der Waals surface area contributed by atoms with Crippen molar-refractivity contribution in [1.29, 1.82) is 0 Å². The van der Waals surface area contributed by atoms with Gasteiger partial charge < -0.3 is 4.74 Å². The first-order chi connectivity index (χ1) is 9.10. The average molecular weight is 257 g/mol. The van der Waals surface area contributed by atoms with E-state index >= 15 is 0 Å². The highest BCUT2D eigenvalue weighted by Gasteiger charge is 2.15. The van der Waals surface area contributed by atoms with Gasteiger partial charge in [-0.1, -0.05) is 18.2 Å². The molecule has 0 saturated carbocycles. The zero-order chi connectivity index (χ0) is 13.8. The van der Waals surface area contributed by atoms with Crippen LogP contribution >= 0.6 is 0 Å². The number of benzene rings is 2. The fraction of sp³-hybridized carbons (Fsp3) is 0.0714. The second-order valence-electron chi connectivity index (χ2n) is 4.02. The molecule has 0 bridgehead atoms. The maximum atomic E-state index is 10.9. The molecule has 0 aliphatic heterocycles. The van der Waals surface area contributed by atoms with Gasteiger partial charge in [-0.3, -0.25) is 14.9 Å². The van der Waals surface area contributed by atoms with Crippen molar-refractivity contribution in [2.24, 2.45) is 0 Å². The summed E-state index contributed by atoms with van der Waals surface area (Å²) in [5.41, 5.74) is 1.20. The molecule has 0 spiro atoms. The second kappa shape index (κ2) is 5.30. The van der Waals surface area contributed by atoms with Gasteiger partial charge in [-0.2, -0.15) is 0 Å². The largest absolute Gasteiger partial charge is 0.450 e. The summed E-state index contributed by atoms with van der Waals surface area (Å²) in [7, 11) is 0. The molecule has 19 heavy (non-hydrogen) atoms. The lowest BCUT2D eigenvalue weighted by Crippen LogP contribution is -1.94. The van der Waals surface area contributed by atoms with Crippen molar-refractivity contribution in [3.63, 3.8) is 0 Å². The number of hydrogen-bond donors (Lipinski definition) is 0. The Kier molecular flexibility index (Phi) is 3.56. The van der Waals surface area contributed by atoms with E-state index in [2.05, 4.69) is 0 Å². The third kappa shape index (κ3) is 2.95. The minimum Gasteiger partial charge on any atom is -0.450 e. The summed E-state index contributed by atoms with van der Waals surface area (Å²) in [6, 6.07) is 11.1. The molecule has 2 aromatic carbocycles. The molecule has 0 atom stereocenters. The molecule has 0 N–H and O–H groups in total. The van der Waals surface area contributed by atoms with E-state index in [9.17, 15) is 14.9 Å². The van der Waals surface area contributed by atoms with Gasteiger partial charge in [0.25, 0.3) is 0 Å². The smallest absolute Gasteiger partial charge is 0.311 e. The molecule has 2 aromatic rings. The molecule has 0 saturated heterocycles. The number of carbonyl (C=O) groups is 1. The zero-order valence-corrected chi connectivity index (χ0v) is 10.2. The standard InChI is InChI=1S/C14H11NO4/c1-10-5-6-13(15(17)18)14(7-10)19-12-4-2-3-11(8-12)9-16/h2-9H,1H3. The molecule has 0 heterocycles. The molecule has 96 valence electrons. The molecule has 0 aliphatic rings. The number of ether oxygens (including phenoxy) is 1. The molecule has 0 aliphatic carbocycles. The van der Waals surface area contributed by atoms with Crippen LogP contribution in [0.15, 0.2) is 42.5 Å². The van der Waals surface area contributed by atoms with E-state index < -0.39 is 4.92 Å². The number of nitro groups is 1. The second-order valence-corrected chi connectivity index (χ2v) is 4.02. The summed E-state index contributed by atoms with van der Waals surface area (Å²) in [6.45, 7) is 1.82. The van der Waals surface area contributed by atoms with Crippen LogP contribution in [0.5, 0.6) is 11.5 Å². The third-order valence-electron chi connectivity index (χ3n) is 2.53. The summed E-state index contributed by atoms with van der Waals surface area (Å²) in [5, 5.41) is 10.9. The van der Waals surface area contributed by atoms with E-state index in [1.54, 1.807) is 30.3 Å². The first-order valence-corrected chi connectivity index (χ1v) is 5.58. The predicted molar refractivity (Wildman–Crippen MR) is 69.7 cm³/mol. The highest BCUT2D eigenvalue weighted by molar-refractivity contribution is 5.75. The summed E-state index contributed by atoms with van der Waals surface area (Å²) >= 11 is 0. The summed E-state index contributed by atoms with van der Waals surface area (Å²) in [6.07, 6.45) is 0.692. The Bertz CT molecular complexity index is 637. The van der Waals surface area contributed by atoms with Crippen LogP contribution in [0.4, 0.5) is 5.69 Å². The Morgan fingerprint density at radius 3 is 2.68 bits per heavy atom. The minimum atomic E-state index is -0.502. The van der Waals surface area contributed by atoms with Crippen LogP contribution in [0.1, 0.15) is 15.9 Å². The van der Waals surface area contributed by atoms with Crippen LogP contribution < -0.4 is 4.74 Å². The first-order valence-electron chi connectivity index (χ1n) is 5.58. The molecule has 0 fully saturated rings. The van der Waals surface area contributed by atoms with Crippen LogP contribution in [0.25, 0.3) is 0 Å². The van der Waals surface area contributed by atoms with Crippen molar-refractivity contribution in [3.8, 4) is 11.5 Å². The fourth-order valence-corrected chi connectivity index (χ4v) is 1.63. The van der Waals surface area contributed by atoms with E-state index in [1.165, 1.54) is 12.1 Å². The molecule has 0 unspecified atom stereocenters. The van der Waals surface area contributed by atoms with Crippen LogP contribution in [0, 0.1) is 17.0 Å². The molecule has 5 nitrogen and oxygen atoms in total. The van der Waals surface area contributed by atoms with Crippen molar-refractivity contribution in [3.05, 3.63) is 63.7 Å². The van der Waals surface area contributed by atoms with Crippen molar-refractivity contribution in [2.45, 2.75) is 6.92 Å². The monoisotopic (exact) mass is 257 g/mol. The van der Waals surface area contributed by atoms with Gasteiger partial charge in [-0.25, -0.2) is 0 Å². The van der Waals surface area contributed by atoms with Gasteiger partial charge in [0.05, 0.1) is 4.92 Å². The van der Waals surface area contributed by atoms with E-state index in [0.29, 0.717) is 17.6 Å². The number of hydrogen-bond acceptors (Lipinski definition) is 4.